The Morgan fingerprint density at radius 1 is 1.40 bits per heavy atom. The van der Waals surface area contributed by atoms with Gasteiger partial charge in [-0.3, -0.25) is 9.59 Å². The van der Waals surface area contributed by atoms with Crippen LogP contribution in [0.15, 0.2) is 29.1 Å². The van der Waals surface area contributed by atoms with Crippen molar-refractivity contribution in [2.45, 2.75) is 26.3 Å². The van der Waals surface area contributed by atoms with Gasteiger partial charge in [0.1, 0.15) is 11.3 Å². The average molecular weight is 274 g/mol. The van der Waals surface area contributed by atoms with E-state index in [2.05, 4.69) is 5.32 Å². The lowest BCUT2D eigenvalue weighted by atomic mass is 10.1. The zero-order valence-electron chi connectivity index (χ0n) is 11.8. The first-order valence-electron chi connectivity index (χ1n) is 6.59. The minimum Gasteiger partial charge on any atom is -0.506 e. The highest BCUT2D eigenvalue weighted by atomic mass is 16.3. The summed E-state index contributed by atoms with van der Waals surface area (Å²) in [6.07, 6.45) is 0.750. The Morgan fingerprint density at radius 2 is 2.05 bits per heavy atom. The number of carbonyl (C=O) groups excluding carboxylic acids is 1. The van der Waals surface area contributed by atoms with E-state index in [4.69, 9.17) is 0 Å². The van der Waals surface area contributed by atoms with E-state index in [1.165, 1.54) is 4.57 Å². The Balaban J connectivity index is 2.65. The van der Waals surface area contributed by atoms with Gasteiger partial charge < -0.3 is 15.0 Å². The molecule has 2 rings (SSSR count). The number of aromatic hydroxyl groups is 1. The van der Waals surface area contributed by atoms with Crippen molar-refractivity contribution < 1.29 is 9.90 Å². The molecule has 0 radical (unpaired) electrons. The van der Waals surface area contributed by atoms with Crippen molar-refractivity contribution in [2.75, 3.05) is 0 Å². The van der Waals surface area contributed by atoms with E-state index in [1.54, 1.807) is 31.3 Å². The van der Waals surface area contributed by atoms with Crippen LogP contribution in [-0.4, -0.2) is 21.6 Å². The molecule has 0 spiro atoms. The second kappa shape index (κ2) is 5.36. The van der Waals surface area contributed by atoms with Gasteiger partial charge in [-0.1, -0.05) is 19.1 Å². The van der Waals surface area contributed by atoms with Crippen LogP contribution in [0.2, 0.25) is 0 Å². The first-order valence-corrected chi connectivity index (χ1v) is 6.59. The van der Waals surface area contributed by atoms with Crippen LogP contribution in [0.25, 0.3) is 10.9 Å². The molecule has 1 aromatic carbocycles. The van der Waals surface area contributed by atoms with E-state index in [1.807, 2.05) is 13.8 Å². The number of pyridine rings is 1. The fourth-order valence-electron chi connectivity index (χ4n) is 2.08. The molecule has 2 aromatic rings. The molecule has 1 heterocycles. The summed E-state index contributed by atoms with van der Waals surface area (Å²) in [6, 6.07) is 6.89. The number of aryl methyl sites for hydroxylation is 1. The molecule has 0 bridgehead atoms. The van der Waals surface area contributed by atoms with Gasteiger partial charge in [-0.25, -0.2) is 0 Å². The van der Waals surface area contributed by atoms with Gasteiger partial charge >= 0.3 is 0 Å². The van der Waals surface area contributed by atoms with E-state index in [-0.39, 0.29) is 17.4 Å². The Hall–Kier alpha value is -2.30. The molecule has 5 nitrogen and oxygen atoms in total. The van der Waals surface area contributed by atoms with Crippen molar-refractivity contribution >= 4 is 16.8 Å². The highest BCUT2D eigenvalue weighted by Crippen LogP contribution is 2.25. The van der Waals surface area contributed by atoms with Crippen LogP contribution in [0.4, 0.5) is 0 Å². The van der Waals surface area contributed by atoms with Gasteiger partial charge in [-0.05, 0) is 25.5 Å². The maximum Gasteiger partial charge on any atom is 0.267 e. The number of carbonyl (C=O) groups is 1. The van der Waals surface area contributed by atoms with Crippen molar-refractivity contribution in [1.29, 1.82) is 0 Å². The van der Waals surface area contributed by atoms with E-state index in [0.717, 1.165) is 6.42 Å². The molecule has 0 saturated heterocycles. The van der Waals surface area contributed by atoms with Gasteiger partial charge in [0, 0.05) is 18.5 Å². The van der Waals surface area contributed by atoms with Crippen LogP contribution in [0, 0.1) is 0 Å². The summed E-state index contributed by atoms with van der Waals surface area (Å²) in [6.45, 7) is 3.78. The van der Waals surface area contributed by atoms with Crippen LogP contribution in [-0.2, 0) is 7.05 Å². The monoisotopic (exact) mass is 274 g/mol. The van der Waals surface area contributed by atoms with Crippen LogP contribution >= 0.6 is 0 Å². The Morgan fingerprint density at radius 3 is 2.70 bits per heavy atom. The predicted molar refractivity (Wildman–Crippen MR) is 78.1 cm³/mol. The molecular weight excluding hydrogens is 256 g/mol. The van der Waals surface area contributed by atoms with Crippen molar-refractivity contribution in [1.82, 2.24) is 9.88 Å². The number of hydrogen-bond acceptors (Lipinski definition) is 3. The van der Waals surface area contributed by atoms with Crippen molar-refractivity contribution in [3.63, 3.8) is 0 Å². The fourth-order valence-corrected chi connectivity index (χ4v) is 2.08. The lowest BCUT2D eigenvalue weighted by Gasteiger charge is -2.14. The number of para-hydroxylation sites is 1. The molecule has 0 aliphatic rings. The highest BCUT2D eigenvalue weighted by Gasteiger charge is 2.21. The Bertz CT molecular complexity index is 719. The van der Waals surface area contributed by atoms with E-state index < -0.39 is 11.5 Å². The smallest absolute Gasteiger partial charge is 0.267 e. The third kappa shape index (κ3) is 2.27. The molecule has 5 heteroatoms. The summed E-state index contributed by atoms with van der Waals surface area (Å²) in [5.41, 5.74) is -0.108. The van der Waals surface area contributed by atoms with Crippen LogP contribution < -0.4 is 10.9 Å². The number of rotatable bonds is 3. The number of aromatic nitrogens is 1. The van der Waals surface area contributed by atoms with E-state index in [9.17, 15) is 14.7 Å². The first kappa shape index (κ1) is 14.1. The lowest BCUT2D eigenvalue weighted by molar-refractivity contribution is 0.0935. The largest absolute Gasteiger partial charge is 0.506 e. The summed E-state index contributed by atoms with van der Waals surface area (Å²) in [4.78, 5) is 24.4. The third-order valence-electron chi connectivity index (χ3n) is 3.49. The quantitative estimate of drug-likeness (QED) is 0.896. The summed E-state index contributed by atoms with van der Waals surface area (Å²) in [5.74, 6) is -0.798. The van der Waals surface area contributed by atoms with Crippen LogP contribution in [0.1, 0.15) is 30.6 Å². The van der Waals surface area contributed by atoms with Gasteiger partial charge in [0.2, 0.25) is 0 Å². The van der Waals surface area contributed by atoms with Crippen LogP contribution in [0.5, 0.6) is 5.75 Å². The molecule has 2 N–H and O–H groups in total. The zero-order valence-corrected chi connectivity index (χ0v) is 11.8. The van der Waals surface area contributed by atoms with Crippen molar-refractivity contribution in [3.05, 3.63) is 40.2 Å². The minimum absolute atomic E-state index is 0.0573. The topological polar surface area (TPSA) is 71.3 Å². The van der Waals surface area contributed by atoms with Gasteiger partial charge in [0.05, 0.1) is 5.52 Å². The molecule has 1 amide bonds. The van der Waals surface area contributed by atoms with Gasteiger partial charge in [-0.2, -0.15) is 0 Å². The summed E-state index contributed by atoms with van der Waals surface area (Å²) in [7, 11) is 1.59. The molecule has 1 atom stereocenters. The normalized spacial score (nSPS) is 12.3. The molecule has 0 unspecified atom stereocenters. The highest BCUT2D eigenvalue weighted by molar-refractivity contribution is 6.02. The summed E-state index contributed by atoms with van der Waals surface area (Å²) < 4.78 is 1.38. The Kier molecular flexibility index (Phi) is 3.79. The SMILES string of the molecule is CC[C@H](C)NC(=O)c1c(O)c2ccccc2n(C)c1=O. The van der Waals surface area contributed by atoms with Gasteiger partial charge in [-0.15, -0.1) is 0 Å². The third-order valence-corrected chi connectivity index (χ3v) is 3.49. The number of fused-ring (bicyclic) bond motifs is 1. The zero-order chi connectivity index (χ0) is 14.9. The molecule has 1 aromatic heterocycles. The van der Waals surface area contributed by atoms with E-state index >= 15 is 0 Å². The molecule has 0 fully saturated rings. The van der Waals surface area contributed by atoms with E-state index in [0.29, 0.717) is 10.9 Å². The number of hydrogen-bond donors (Lipinski definition) is 2. The summed E-state index contributed by atoms with van der Waals surface area (Å²) in [5, 5.41) is 13.4. The molecular formula is C15H18N2O3. The lowest BCUT2D eigenvalue weighted by Crippen LogP contribution is -2.37. The Labute approximate surface area is 116 Å². The second-order valence-electron chi connectivity index (χ2n) is 4.89. The molecule has 20 heavy (non-hydrogen) atoms. The summed E-state index contributed by atoms with van der Waals surface area (Å²) >= 11 is 0. The maximum absolute atomic E-state index is 12.3. The van der Waals surface area contributed by atoms with Gasteiger partial charge in [0.25, 0.3) is 11.5 Å². The molecule has 106 valence electrons. The van der Waals surface area contributed by atoms with Gasteiger partial charge in [0.15, 0.2) is 0 Å². The fraction of sp³-hybridized carbons (Fsp3) is 0.333. The molecule has 0 aliphatic carbocycles. The number of nitrogens with zero attached hydrogens (tertiary/aromatic N) is 1. The first-order chi connectivity index (χ1) is 9.47. The number of amides is 1. The van der Waals surface area contributed by atoms with Crippen LogP contribution in [0.3, 0.4) is 0 Å². The average Bonchev–Trinajstić information content (AvgIpc) is 2.45. The molecule has 0 saturated carbocycles. The maximum atomic E-state index is 12.3. The standard InChI is InChI=1S/C15H18N2O3/c1-4-9(2)16-14(19)12-13(18)10-7-5-6-8-11(10)17(3)15(12)20/h5-9,18H,4H2,1-3H3,(H,16,19)/t9-/m0/s1. The number of benzene rings is 1. The molecule has 0 aliphatic heterocycles. The van der Waals surface area contributed by atoms with Crippen molar-refractivity contribution in [2.24, 2.45) is 7.05 Å². The van der Waals surface area contributed by atoms with Crippen molar-refractivity contribution in [3.8, 4) is 5.75 Å². The predicted octanol–water partition coefficient (Wildman–Crippen LogP) is 1.77. The minimum atomic E-state index is -0.539. The number of nitrogens with one attached hydrogen (secondary N) is 1. The second-order valence-corrected chi connectivity index (χ2v) is 4.89.